The minimum atomic E-state index is -0.179. The first kappa shape index (κ1) is 11.4. The Kier molecular flexibility index (Phi) is 3.45. The van der Waals surface area contributed by atoms with Gasteiger partial charge in [0.05, 0.1) is 6.61 Å². The number of aliphatic hydroxyl groups excluding tert-OH is 1. The van der Waals surface area contributed by atoms with Crippen LogP contribution < -0.4 is 5.73 Å². The molecule has 0 fully saturated rings. The average Bonchev–Trinajstić information content (AvgIpc) is 2.13. The van der Waals surface area contributed by atoms with Crippen molar-refractivity contribution >= 4 is 17.4 Å². The van der Waals surface area contributed by atoms with Gasteiger partial charge in [0.25, 0.3) is 0 Å². The van der Waals surface area contributed by atoms with E-state index in [4.69, 9.17) is 10.8 Å². The molecule has 0 aliphatic carbocycles. The average molecular weight is 211 g/mol. The van der Waals surface area contributed by atoms with E-state index in [1.54, 1.807) is 11.8 Å². The lowest BCUT2D eigenvalue weighted by Gasteiger charge is -2.22. The standard InChI is InChI=1S/C11H17NOS/c1-8-5-4-6-9(10(8)12)14-11(2,3)7-13/h4-6,13H,7,12H2,1-3H3. The molecule has 0 saturated carbocycles. The molecular formula is C11H17NOS. The molecule has 1 rings (SSSR count). The van der Waals surface area contributed by atoms with E-state index in [2.05, 4.69) is 0 Å². The van der Waals surface area contributed by atoms with Crippen LogP contribution in [0.2, 0.25) is 0 Å². The Morgan fingerprint density at radius 3 is 2.64 bits per heavy atom. The Bertz CT molecular complexity index is 323. The zero-order valence-corrected chi connectivity index (χ0v) is 9.69. The van der Waals surface area contributed by atoms with Gasteiger partial charge in [0.15, 0.2) is 0 Å². The fraction of sp³-hybridized carbons (Fsp3) is 0.455. The third kappa shape index (κ3) is 2.66. The van der Waals surface area contributed by atoms with E-state index >= 15 is 0 Å². The summed E-state index contributed by atoms with van der Waals surface area (Å²) in [7, 11) is 0. The molecule has 0 spiro atoms. The van der Waals surface area contributed by atoms with Crippen LogP contribution >= 0.6 is 11.8 Å². The smallest absolute Gasteiger partial charge is 0.0576 e. The Morgan fingerprint density at radius 2 is 2.07 bits per heavy atom. The molecule has 78 valence electrons. The van der Waals surface area contributed by atoms with Crippen molar-refractivity contribution in [3.8, 4) is 0 Å². The molecule has 0 aromatic heterocycles. The molecule has 1 aromatic carbocycles. The van der Waals surface area contributed by atoms with Crippen LogP contribution in [0, 0.1) is 6.92 Å². The maximum absolute atomic E-state index is 9.15. The predicted octanol–water partition coefficient (Wildman–Crippen LogP) is 2.44. The molecule has 0 bridgehead atoms. The zero-order valence-electron chi connectivity index (χ0n) is 8.87. The number of thioether (sulfide) groups is 1. The summed E-state index contributed by atoms with van der Waals surface area (Å²) >= 11 is 1.61. The lowest BCUT2D eigenvalue weighted by Crippen LogP contribution is -2.19. The summed E-state index contributed by atoms with van der Waals surface area (Å²) in [4.78, 5) is 1.05. The number of nitrogens with two attached hydrogens (primary N) is 1. The number of rotatable bonds is 3. The second-order valence-corrected chi connectivity index (χ2v) is 5.76. The summed E-state index contributed by atoms with van der Waals surface area (Å²) in [5, 5.41) is 9.15. The van der Waals surface area contributed by atoms with Gasteiger partial charge >= 0.3 is 0 Å². The maximum Gasteiger partial charge on any atom is 0.0576 e. The number of benzene rings is 1. The first-order chi connectivity index (χ1) is 6.46. The molecule has 3 heteroatoms. The van der Waals surface area contributed by atoms with Crippen molar-refractivity contribution in [3.05, 3.63) is 23.8 Å². The van der Waals surface area contributed by atoms with Crippen LogP contribution in [0.3, 0.4) is 0 Å². The van der Waals surface area contributed by atoms with Gasteiger partial charge in [0, 0.05) is 15.3 Å². The maximum atomic E-state index is 9.15. The van der Waals surface area contributed by atoms with Crippen molar-refractivity contribution in [1.82, 2.24) is 0 Å². The van der Waals surface area contributed by atoms with Gasteiger partial charge in [-0.1, -0.05) is 12.1 Å². The highest BCUT2D eigenvalue weighted by Crippen LogP contribution is 2.36. The Labute approximate surface area is 89.5 Å². The molecule has 0 amide bonds. The highest BCUT2D eigenvalue weighted by atomic mass is 32.2. The molecule has 0 aliphatic rings. The Balaban J connectivity index is 2.92. The third-order valence-corrected chi connectivity index (χ3v) is 3.31. The molecule has 0 atom stereocenters. The number of hydrogen-bond donors (Lipinski definition) is 2. The number of nitrogen functional groups attached to an aromatic ring is 1. The molecule has 1 aromatic rings. The Morgan fingerprint density at radius 1 is 1.43 bits per heavy atom. The van der Waals surface area contributed by atoms with Gasteiger partial charge < -0.3 is 10.8 Å². The number of anilines is 1. The molecule has 0 aliphatic heterocycles. The normalized spacial score (nSPS) is 11.7. The van der Waals surface area contributed by atoms with E-state index in [1.807, 2.05) is 39.0 Å². The summed E-state index contributed by atoms with van der Waals surface area (Å²) < 4.78 is -0.179. The summed E-state index contributed by atoms with van der Waals surface area (Å²) in [5.41, 5.74) is 7.85. The van der Waals surface area contributed by atoms with Crippen molar-refractivity contribution in [3.63, 3.8) is 0 Å². The first-order valence-electron chi connectivity index (χ1n) is 4.61. The number of aryl methyl sites for hydroxylation is 1. The molecular weight excluding hydrogens is 194 g/mol. The first-order valence-corrected chi connectivity index (χ1v) is 5.43. The van der Waals surface area contributed by atoms with Crippen LogP contribution in [-0.4, -0.2) is 16.5 Å². The van der Waals surface area contributed by atoms with Gasteiger partial charge in [-0.25, -0.2) is 0 Å². The van der Waals surface area contributed by atoms with Crippen molar-refractivity contribution in [1.29, 1.82) is 0 Å². The molecule has 0 saturated heterocycles. The van der Waals surface area contributed by atoms with E-state index in [0.717, 1.165) is 16.1 Å². The van der Waals surface area contributed by atoms with Gasteiger partial charge in [-0.3, -0.25) is 0 Å². The van der Waals surface area contributed by atoms with E-state index < -0.39 is 0 Å². The second kappa shape index (κ2) is 4.24. The zero-order chi connectivity index (χ0) is 10.8. The Hall–Kier alpha value is -0.670. The lowest BCUT2D eigenvalue weighted by atomic mass is 10.2. The molecule has 2 nitrogen and oxygen atoms in total. The SMILES string of the molecule is Cc1cccc(SC(C)(C)CO)c1N. The van der Waals surface area contributed by atoms with E-state index in [0.29, 0.717) is 0 Å². The highest BCUT2D eigenvalue weighted by molar-refractivity contribution is 8.00. The van der Waals surface area contributed by atoms with E-state index in [-0.39, 0.29) is 11.4 Å². The molecule has 3 N–H and O–H groups in total. The quantitative estimate of drug-likeness (QED) is 0.596. The molecule has 0 radical (unpaired) electrons. The largest absolute Gasteiger partial charge is 0.398 e. The van der Waals surface area contributed by atoms with Crippen LogP contribution in [-0.2, 0) is 0 Å². The van der Waals surface area contributed by atoms with Crippen LogP contribution in [0.1, 0.15) is 19.4 Å². The monoisotopic (exact) mass is 211 g/mol. The summed E-state index contributed by atoms with van der Waals surface area (Å²) in [5.74, 6) is 0. The van der Waals surface area contributed by atoms with Gasteiger partial charge in [-0.05, 0) is 32.4 Å². The molecule has 0 heterocycles. The van der Waals surface area contributed by atoms with Gasteiger partial charge in [-0.2, -0.15) is 0 Å². The van der Waals surface area contributed by atoms with Crippen molar-refractivity contribution in [2.75, 3.05) is 12.3 Å². The predicted molar refractivity (Wildman–Crippen MR) is 62.6 cm³/mol. The summed E-state index contributed by atoms with van der Waals surface area (Å²) in [6, 6.07) is 5.97. The van der Waals surface area contributed by atoms with Crippen LogP contribution in [0.5, 0.6) is 0 Å². The molecule has 14 heavy (non-hydrogen) atoms. The lowest BCUT2D eigenvalue weighted by molar-refractivity contribution is 0.265. The second-order valence-electron chi connectivity index (χ2n) is 4.01. The van der Waals surface area contributed by atoms with E-state index in [9.17, 15) is 0 Å². The van der Waals surface area contributed by atoms with Crippen molar-refractivity contribution in [2.45, 2.75) is 30.4 Å². The minimum absolute atomic E-state index is 0.144. The number of para-hydroxylation sites is 1. The fourth-order valence-corrected chi connectivity index (χ4v) is 2.15. The number of hydrogen-bond acceptors (Lipinski definition) is 3. The fourth-order valence-electron chi connectivity index (χ4n) is 1.07. The van der Waals surface area contributed by atoms with Crippen LogP contribution in [0.25, 0.3) is 0 Å². The summed E-state index contributed by atoms with van der Waals surface area (Å²) in [6.07, 6.45) is 0. The van der Waals surface area contributed by atoms with Gasteiger partial charge in [0.2, 0.25) is 0 Å². The van der Waals surface area contributed by atoms with Crippen molar-refractivity contribution < 1.29 is 5.11 Å². The summed E-state index contributed by atoms with van der Waals surface area (Å²) in [6.45, 7) is 6.13. The van der Waals surface area contributed by atoms with Gasteiger partial charge in [0.1, 0.15) is 0 Å². The molecule has 0 unspecified atom stereocenters. The number of aliphatic hydroxyl groups is 1. The van der Waals surface area contributed by atoms with Crippen LogP contribution in [0.15, 0.2) is 23.1 Å². The topological polar surface area (TPSA) is 46.2 Å². The van der Waals surface area contributed by atoms with E-state index in [1.165, 1.54) is 0 Å². The highest BCUT2D eigenvalue weighted by Gasteiger charge is 2.19. The third-order valence-electron chi connectivity index (χ3n) is 2.05. The van der Waals surface area contributed by atoms with Gasteiger partial charge in [-0.15, -0.1) is 11.8 Å². The van der Waals surface area contributed by atoms with Crippen molar-refractivity contribution in [2.24, 2.45) is 0 Å². The minimum Gasteiger partial charge on any atom is -0.398 e. The van der Waals surface area contributed by atoms with Crippen LogP contribution in [0.4, 0.5) is 5.69 Å².